The van der Waals surface area contributed by atoms with Gasteiger partial charge in [-0.15, -0.1) is 11.3 Å². The average Bonchev–Trinajstić information content (AvgIpc) is 3.23. The summed E-state index contributed by atoms with van der Waals surface area (Å²) in [6.07, 6.45) is 2.72. The Morgan fingerprint density at radius 1 is 1.24 bits per heavy atom. The molecule has 0 saturated heterocycles. The zero-order chi connectivity index (χ0) is 21.1. The van der Waals surface area contributed by atoms with E-state index in [2.05, 4.69) is 26.6 Å². The van der Waals surface area contributed by atoms with Gasteiger partial charge in [0.2, 0.25) is 11.8 Å². The van der Waals surface area contributed by atoms with Crippen LogP contribution in [0.4, 0.5) is 10.7 Å². The lowest BCUT2D eigenvalue weighted by Crippen LogP contribution is -2.43. The molecule has 154 valence electrons. The molecule has 3 amide bonds. The third kappa shape index (κ3) is 4.85. The molecule has 0 bridgehead atoms. The minimum Gasteiger partial charge on any atom is -0.365 e. The van der Waals surface area contributed by atoms with Crippen LogP contribution in [0.3, 0.4) is 0 Å². The van der Waals surface area contributed by atoms with E-state index in [1.807, 2.05) is 18.2 Å². The molecule has 0 spiro atoms. The summed E-state index contributed by atoms with van der Waals surface area (Å²) in [7, 11) is 1.70. The van der Waals surface area contributed by atoms with Crippen LogP contribution in [-0.2, 0) is 22.4 Å². The van der Waals surface area contributed by atoms with Gasteiger partial charge in [0.1, 0.15) is 5.00 Å². The first kappa shape index (κ1) is 21.5. The lowest BCUT2D eigenvalue weighted by atomic mass is 10.1. The Morgan fingerprint density at radius 3 is 2.66 bits per heavy atom. The smallest absolute Gasteiger partial charge is 0.251 e. The monoisotopic (exact) mass is 478 g/mol. The Balaban J connectivity index is 1.62. The topological polar surface area (TPSA) is 105 Å². The summed E-state index contributed by atoms with van der Waals surface area (Å²) < 4.78 is 0.784. The first-order valence-electron chi connectivity index (χ1n) is 9.27. The number of nitrogens with two attached hydrogens (primary N) is 1. The number of nitrogens with one attached hydrogen (secondary N) is 2. The molecule has 1 aliphatic carbocycles. The molecule has 2 aromatic rings. The Morgan fingerprint density at radius 2 is 1.97 bits per heavy atom. The van der Waals surface area contributed by atoms with Crippen LogP contribution < -0.4 is 16.4 Å². The van der Waals surface area contributed by atoms with Gasteiger partial charge in [-0.3, -0.25) is 19.3 Å². The number of halogens is 1. The highest BCUT2D eigenvalue weighted by atomic mass is 79.9. The Labute approximate surface area is 181 Å². The number of aryl methyl sites for hydroxylation is 1. The number of likely N-dealkylation sites (N-methyl/N-ethyl adjacent to an activating group) is 1. The van der Waals surface area contributed by atoms with Gasteiger partial charge >= 0.3 is 0 Å². The Kier molecular flexibility index (Phi) is 6.71. The number of rotatable bonds is 7. The number of para-hydroxylation sites is 1. The van der Waals surface area contributed by atoms with E-state index in [0.29, 0.717) is 16.3 Å². The summed E-state index contributed by atoms with van der Waals surface area (Å²) in [5.41, 5.74) is 7.61. The first-order chi connectivity index (χ1) is 13.8. The van der Waals surface area contributed by atoms with E-state index >= 15 is 0 Å². The van der Waals surface area contributed by atoms with Gasteiger partial charge in [-0.2, -0.15) is 0 Å². The average molecular weight is 479 g/mol. The van der Waals surface area contributed by atoms with E-state index in [9.17, 15) is 14.4 Å². The third-order valence-corrected chi connectivity index (χ3v) is 6.88. The maximum absolute atomic E-state index is 12.7. The van der Waals surface area contributed by atoms with Crippen molar-refractivity contribution in [2.24, 2.45) is 5.73 Å². The molecule has 1 aliphatic rings. The second-order valence-electron chi connectivity index (χ2n) is 7.03. The first-order valence-corrected chi connectivity index (χ1v) is 10.9. The number of anilines is 2. The van der Waals surface area contributed by atoms with Crippen LogP contribution >= 0.6 is 27.3 Å². The fourth-order valence-corrected chi connectivity index (χ4v) is 4.97. The Hall–Kier alpha value is -2.23. The maximum Gasteiger partial charge on any atom is 0.251 e. The summed E-state index contributed by atoms with van der Waals surface area (Å²) in [6, 6.07) is 6.75. The van der Waals surface area contributed by atoms with Gasteiger partial charge in [0.15, 0.2) is 0 Å². The van der Waals surface area contributed by atoms with Crippen molar-refractivity contribution in [1.82, 2.24) is 4.90 Å². The van der Waals surface area contributed by atoms with E-state index in [4.69, 9.17) is 5.73 Å². The molecule has 0 saturated carbocycles. The number of benzene rings is 1. The molecule has 1 unspecified atom stereocenters. The largest absolute Gasteiger partial charge is 0.365 e. The van der Waals surface area contributed by atoms with Crippen LogP contribution in [0.1, 0.15) is 34.1 Å². The fourth-order valence-electron chi connectivity index (χ4n) is 3.29. The van der Waals surface area contributed by atoms with Crippen molar-refractivity contribution >= 4 is 55.7 Å². The van der Waals surface area contributed by atoms with E-state index in [1.165, 1.54) is 11.3 Å². The van der Waals surface area contributed by atoms with Gasteiger partial charge in [0.25, 0.3) is 5.91 Å². The van der Waals surface area contributed by atoms with Crippen LogP contribution in [-0.4, -0.2) is 42.3 Å². The molecular weight excluding hydrogens is 456 g/mol. The van der Waals surface area contributed by atoms with E-state index in [1.54, 1.807) is 24.9 Å². The maximum atomic E-state index is 12.7. The van der Waals surface area contributed by atoms with Crippen LogP contribution in [0.5, 0.6) is 0 Å². The summed E-state index contributed by atoms with van der Waals surface area (Å²) in [5.74, 6) is -1.04. The molecule has 7 nitrogen and oxygen atoms in total. The van der Waals surface area contributed by atoms with Gasteiger partial charge < -0.3 is 16.4 Å². The number of thiophene rings is 1. The second-order valence-corrected chi connectivity index (χ2v) is 8.99. The SMILES string of the molecule is CC(C(=O)Nc1sc2c(c1C(N)=O)CCC2)N(C)CC(=O)Nc1ccccc1Br. The van der Waals surface area contributed by atoms with Crippen LogP contribution in [0, 0.1) is 0 Å². The van der Waals surface area contributed by atoms with E-state index < -0.39 is 11.9 Å². The zero-order valence-corrected chi connectivity index (χ0v) is 18.7. The van der Waals surface area contributed by atoms with Crippen molar-refractivity contribution in [2.75, 3.05) is 24.2 Å². The van der Waals surface area contributed by atoms with Crippen molar-refractivity contribution in [3.8, 4) is 0 Å². The molecule has 4 N–H and O–H groups in total. The molecule has 1 heterocycles. The molecule has 1 atom stereocenters. The molecular formula is C20H23BrN4O3S. The van der Waals surface area contributed by atoms with Crippen molar-refractivity contribution in [3.63, 3.8) is 0 Å². The normalized spacial score (nSPS) is 13.8. The summed E-state index contributed by atoms with van der Waals surface area (Å²) in [6.45, 7) is 1.76. The molecule has 9 heteroatoms. The number of amides is 3. The lowest BCUT2D eigenvalue weighted by molar-refractivity contribution is -0.122. The summed E-state index contributed by atoms with van der Waals surface area (Å²) >= 11 is 4.80. The predicted octanol–water partition coefficient (Wildman–Crippen LogP) is 3.00. The summed E-state index contributed by atoms with van der Waals surface area (Å²) in [4.78, 5) is 39.7. The molecule has 3 rings (SSSR count). The number of nitrogens with zero attached hydrogens (tertiary/aromatic N) is 1. The zero-order valence-electron chi connectivity index (χ0n) is 16.3. The van der Waals surface area contributed by atoms with E-state index in [-0.39, 0.29) is 18.4 Å². The van der Waals surface area contributed by atoms with Crippen LogP contribution in [0.25, 0.3) is 0 Å². The van der Waals surface area contributed by atoms with Crippen molar-refractivity contribution in [3.05, 3.63) is 44.7 Å². The van der Waals surface area contributed by atoms with E-state index in [0.717, 1.165) is 34.2 Å². The molecule has 0 fully saturated rings. The number of carbonyl (C=O) groups is 3. The number of hydrogen-bond acceptors (Lipinski definition) is 5. The van der Waals surface area contributed by atoms with Gasteiger partial charge in [-0.25, -0.2) is 0 Å². The predicted molar refractivity (Wildman–Crippen MR) is 118 cm³/mol. The second kappa shape index (κ2) is 9.06. The number of hydrogen-bond donors (Lipinski definition) is 3. The molecule has 29 heavy (non-hydrogen) atoms. The van der Waals surface area contributed by atoms with Crippen LogP contribution in [0.15, 0.2) is 28.7 Å². The van der Waals surface area contributed by atoms with Crippen molar-refractivity contribution < 1.29 is 14.4 Å². The number of carbonyl (C=O) groups excluding carboxylic acids is 3. The number of primary amides is 1. The van der Waals surface area contributed by atoms with Gasteiger partial charge in [0.05, 0.1) is 23.8 Å². The quantitative estimate of drug-likeness (QED) is 0.568. The molecule has 0 aliphatic heterocycles. The van der Waals surface area contributed by atoms with Crippen molar-refractivity contribution in [2.45, 2.75) is 32.2 Å². The van der Waals surface area contributed by atoms with Gasteiger partial charge in [-0.1, -0.05) is 12.1 Å². The highest BCUT2D eigenvalue weighted by Gasteiger charge is 2.28. The number of fused-ring (bicyclic) bond motifs is 1. The van der Waals surface area contributed by atoms with Gasteiger partial charge in [0, 0.05) is 9.35 Å². The Bertz CT molecular complexity index is 959. The third-order valence-electron chi connectivity index (χ3n) is 4.99. The standard InChI is InChI=1S/C20H23BrN4O3S/c1-11(25(2)10-16(26)23-14-8-4-3-7-13(14)21)19(28)24-20-17(18(22)27)12-6-5-9-15(12)29-20/h3-4,7-8,11H,5-6,9-10H2,1-2H3,(H2,22,27)(H,23,26)(H,24,28). The van der Waals surface area contributed by atoms with Crippen LogP contribution in [0.2, 0.25) is 0 Å². The molecule has 1 aromatic carbocycles. The minimum atomic E-state index is -0.572. The lowest BCUT2D eigenvalue weighted by Gasteiger charge is -2.23. The highest BCUT2D eigenvalue weighted by Crippen LogP contribution is 2.38. The molecule has 1 aromatic heterocycles. The minimum absolute atomic E-state index is 0.0412. The molecule has 0 radical (unpaired) electrons. The van der Waals surface area contributed by atoms with Crippen molar-refractivity contribution in [1.29, 1.82) is 0 Å². The fraction of sp³-hybridized carbons (Fsp3) is 0.350. The highest BCUT2D eigenvalue weighted by molar-refractivity contribution is 9.10. The summed E-state index contributed by atoms with van der Waals surface area (Å²) in [5, 5.41) is 6.15. The van der Waals surface area contributed by atoms with Gasteiger partial charge in [-0.05, 0) is 66.9 Å².